The molecule has 0 saturated carbocycles. The van der Waals surface area contributed by atoms with Gasteiger partial charge < -0.3 is 0 Å². The van der Waals surface area contributed by atoms with Crippen molar-refractivity contribution in [2.75, 3.05) is 0 Å². The zero-order valence-electron chi connectivity index (χ0n) is 6.63. The average Bonchev–Trinajstić information content (AvgIpc) is 1.94. The molecule has 0 aliphatic heterocycles. The van der Waals surface area contributed by atoms with Crippen molar-refractivity contribution >= 4 is 34.8 Å². The SMILES string of the molecule is FC(F)(F)/C(=C/C(Cl)C(F)(F)F)C(Cl)Cl. The van der Waals surface area contributed by atoms with E-state index in [4.69, 9.17) is 23.2 Å². The van der Waals surface area contributed by atoms with Crippen LogP contribution in [0.4, 0.5) is 26.3 Å². The summed E-state index contributed by atoms with van der Waals surface area (Å²) in [5.41, 5.74) is -1.73. The Balaban J connectivity index is 5.03. The van der Waals surface area contributed by atoms with Gasteiger partial charge in [-0.1, -0.05) is 0 Å². The van der Waals surface area contributed by atoms with Crippen LogP contribution in [0.5, 0.6) is 0 Å². The molecule has 0 bridgehead atoms. The fourth-order valence-corrected chi connectivity index (χ4v) is 1.07. The van der Waals surface area contributed by atoms with E-state index in [0.29, 0.717) is 0 Å². The number of rotatable bonds is 2. The lowest BCUT2D eigenvalue weighted by molar-refractivity contribution is -0.123. The minimum Gasteiger partial charge on any atom is -0.169 e. The molecule has 15 heavy (non-hydrogen) atoms. The van der Waals surface area contributed by atoms with Crippen LogP contribution < -0.4 is 0 Å². The van der Waals surface area contributed by atoms with Gasteiger partial charge in [0.05, 0.1) is 5.57 Å². The summed E-state index contributed by atoms with van der Waals surface area (Å²) in [5, 5.41) is -2.78. The van der Waals surface area contributed by atoms with Crippen LogP contribution >= 0.6 is 34.8 Å². The molecule has 1 unspecified atom stereocenters. The van der Waals surface area contributed by atoms with E-state index in [1.807, 2.05) is 0 Å². The number of halogens is 9. The van der Waals surface area contributed by atoms with Crippen molar-refractivity contribution in [3.8, 4) is 0 Å². The van der Waals surface area contributed by atoms with Crippen molar-refractivity contribution in [3.63, 3.8) is 0 Å². The normalized spacial score (nSPS) is 17.1. The van der Waals surface area contributed by atoms with Crippen molar-refractivity contribution in [2.45, 2.75) is 22.6 Å². The van der Waals surface area contributed by atoms with Crippen molar-refractivity contribution < 1.29 is 26.3 Å². The van der Waals surface area contributed by atoms with Crippen molar-refractivity contribution in [1.29, 1.82) is 0 Å². The minimum absolute atomic E-state index is 0.258. The largest absolute Gasteiger partial charge is 0.415 e. The van der Waals surface area contributed by atoms with Gasteiger partial charge in [-0.25, -0.2) is 0 Å². The van der Waals surface area contributed by atoms with Crippen LogP contribution in [0, 0.1) is 0 Å². The van der Waals surface area contributed by atoms with Gasteiger partial charge in [0.15, 0.2) is 0 Å². The third kappa shape index (κ3) is 5.17. The molecule has 0 rings (SSSR count). The first-order valence-electron chi connectivity index (χ1n) is 3.24. The predicted octanol–water partition coefficient (Wildman–Crippen LogP) is 4.45. The zero-order chi connectivity index (χ0) is 12.4. The molecule has 0 aliphatic rings. The van der Waals surface area contributed by atoms with E-state index in [0.717, 1.165) is 0 Å². The van der Waals surface area contributed by atoms with E-state index in [1.54, 1.807) is 0 Å². The third-order valence-corrected chi connectivity index (χ3v) is 2.04. The van der Waals surface area contributed by atoms with Gasteiger partial charge in [-0.2, -0.15) is 26.3 Å². The Kier molecular flexibility index (Phi) is 5.08. The van der Waals surface area contributed by atoms with E-state index in [1.165, 1.54) is 0 Å². The highest BCUT2D eigenvalue weighted by molar-refractivity contribution is 6.46. The molecule has 1 atom stereocenters. The van der Waals surface area contributed by atoms with Crippen LogP contribution in [-0.2, 0) is 0 Å². The topological polar surface area (TPSA) is 0 Å². The van der Waals surface area contributed by atoms with Crippen molar-refractivity contribution in [2.24, 2.45) is 0 Å². The van der Waals surface area contributed by atoms with E-state index in [2.05, 4.69) is 11.6 Å². The van der Waals surface area contributed by atoms with Gasteiger partial charge in [0.25, 0.3) is 0 Å². The summed E-state index contributed by atoms with van der Waals surface area (Å²) >= 11 is 14.4. The molecule has 0 aromatic heterocycles. The number of hydrogen-bond donors (Lipinski definition) is 0. The Hall–Kier alpha value is 0.190. The lowest BCUT2D eigenvalue weighted by atomic mass is 10.2. The molecule has 0 aromatic rings. The lowest BCUT2D eigenvalue weighted by Gasteiger charge is -2.15. The van der Waals surface area contributed by atoms with Crippen LogP contribution in [0.3, 0.4) is 0 Å². The fraction of sp³-hybridized carbons (Fsp3) is 0.667. The molecule has 0 fully saturated rings. The smallest absolute Gasteiger partial charge is 0.169 e. The molecule has 0 aromatic carbocycles. The van der Waals surface area contributed by atoms with E-state index >= 15 is 0 Å². The molecule has 90 valence electrons. The number of allylic oxidation sites excluding steroid dienone is 2. The first-order valence-corrected chi connectivity index (χ1v) is 4.55. The van der Waals surface area contributed by atoms with Gasteiger partial charge >= 0.3 is 12.4 Å². The second-order valence-corrected chi connectivity index (χ2v) is 3.93. The van der Waals surface area contributed by atoms with Gasteiger partial charge in [-0.05, 0) is 6.08 Å². The summed E-state index contributed by atoms with van der Waals surface area (Å²) in [5.74, 6) is 0. The van der Waals surface area contributed by atoms with Gasteiger partial charge in [-0.3, -0.25) is 0 Å². The maximum absolute atomic E-state index is 12.1. The third-order valence-electron chi connectivity index (χ3n) is 1.20. The minimum atomic E-state index is -5.05. The summed E-state index contributed by atoms with van der Waals surface area (Å²) in [7, 11) is 0. The Morgan fingerprint density at radius 3 is 1.53 bits per heavy atom. The number of alkyl halides is 9. The van der Waals surface area contributed by atoms with Crippen LogP contribution in [0.2, 0.25) is 0 Å². The quantitative estimate of drug-likeness (QED) is 0.401. The monoisotopic (exact) mass is 294 g/mol. The van der Waals surface area contributed by atoms with Crippen LogP contribution in [0.15, 0.2) is 11.6 Å². The van der Waals surface area contributed by atoms with E-state index in [-0.39, 0.29) is 6.08 Å². The predicted molar refractivity (Wildman–Crippen MR) is 45.3 cm³/mol. The molecular formula is C6H3Cl3F6. The van der Waals surface area contributed by atoms with Crippen molar-refractivity contribution in [3.05, 3.63) is 11.6 Å². The molecular weight excluding hydrogens is 292 g/mol. The molecule has 0 nitrogen and oxygen atoms in total. The summed E-state index contributed by atoms with van der Waals surface area (Å²) in [6.45, 7) is 0. The van der Waals surface area contributed by atoms with Gasteiger partial charge in [0.1, 0.15) is 10.2 Å². The van der Waals surface area contributed by atoms with Crippen LogP contribution in [-0.4, -0.2) is 22.6 Å². The van der Waals surface area contributed by atoms with Gasteiger partial charge in [-0.15, -0.1) is 34.8 Å². The van der Waals surface area contributed by atoms with Crippen molar-refractivity contribution in [1.82, 2.24) is 0 Å². The highest BCUT2D eigenvalue weighted by Gasteiger charge is 2.43. The molecule has 0 amide bonds. The zero-order valence-corrected chi connectivity index (χ0v) is 8.90. The summed E-state index contributed by atoms with van der Waals surface area (Å²) < 4.78 is 71.7. The summed E-state index contributed by atoms with van der Waals surface area (Å²) in [6, 6.07) is 0. The first-order chi connectivity index (χ1) is 6.46. The Bertz CT molecular complexity index is 240. The molecule has 0 radical (unpaired) electrons. The maximum atomic E-state index is 12.1. The Morgan fingerprint density at radius 1 is 0.933 bits per heavy atom. The van der Waals surface area contributed by atoms with E-state index in [9.17, 15) is 26.3 Å². The second kappa shape index (κ2) is 5.01. The second-order valence-electron chi connectivity index (χ2n) is 2.36. The van der Waals surface area contributed by atoms with E-state index < -0.39 is 28.1 Å². The molecule has 0 saturated heterocycles. The fourth-order valence-electron chi connectivity index (χ4n) is 0.543. The van der Waals surface area contributed by atoms with Crippen LogP contribution in [0.25, 0.3) is 0 Å². The Morgan fingerprint density at radius 2 is 1.33 bits per heavy atom. The van der Waals surface area contributed by atoms with Gasteiger partial charge in [0, 0.05) is 0 Å². The molecule has 9 heteroatoms. The average molecular weight is 295 g/mol. The maximum Gasteiger partial charge on any atom is 0.415 e. The van der Waals surface area contributed by atoms with Gasteiger partial charge in [0.2, 0.25) is 0 Å². The molecule has 0 N–H and O–H groups in total. The number of hydrogen-bond acceptors (Lipinski definition) is 0. The summed E-state index contributed by atoms with van der Waals surface area (Å²) in [6.07, 6.45) is -10.3. The van der Waals surface area contributed by atoms with Crippen LogP contribution in [0.1, 0.15) is 0 Å². The highest BCUT2D eigenvalue weighted by atomic mass is 35.5. The standard InChI is InChI=1S/C6H3Cl3F6/c7-3(6(13,14)15)1-2(4(8)9)5(10,11)12/h1,3-4H/b2-1+. The lowest BCUT2D eigenvalue weighted by Crippen LogP contribution is -2.25. The summed E-state index contributed by atoms with van der Waals surface area (Å²) in [4.78, 5) is -2.12. The first kappa shape index (κ1) is 15.2. The molecule has 0 aliphatic carbocycles. The molecule has 0 spiro atoms. The highest BCUT2D eigenvalue weighted by Crippen LogP contribution is 2.36. The Labute approximate surface area is 95.8 Å². The molecule has 0 heterocycles.